The number of carbonyl (C=O) groups excluding carboxylic acids is 1. The molecule has 0 saturated carbocycles. The molecule has 0 spiro atoms. The summed E-state index contributed by atoms with van der Waals surface area (Å²) in [7, 11) is 3.58. The molecule has 20 heavy (non-hydrogen) atoms. The third kappa shape index (κ3) is 4.77. The predicted molar refractivity (Wildman–Crippen MR) is 70.1 cm³/mol. The molecular weight excluding hydrogens is 264 g/mol. The summed E-state index contributed by atoms with van der Waals surface area (Å²) >= 11 is 0. The Morgan fingerprint density at radius 1 is 1.45 bits per heavy atom. The molecule has 0 aliphatic carbocycles. The molecule has 1 saturated heterocycles. The van der Waals surface area contributed by atoms with E-state index in [1.54, 1.807) is 32.0 Å². The third-order valence-corrected chi connectivity index (χ3v) is 2.46. The standard InChI is InChI=1S/C12H19N4O4/c1-4-19-11(17)10(9-13)14-20-12(15(2)3)16-5-7-18-8-6-16/h4-8H2,1-3H3/b14-10+. The van der Waals surface area contributed by atoms with Gasteiger partial charge in [0.1, 0.15) is 6.07 Å². The van der Waals surface area contributed by atoms with E-state index in [0.717, 1.165) is 0 Å². The van der Waals surface area contributed by atoms with Crippen LogP contribution in [0.4, 0.5) is 0 Å². The fraction of sp³-hybridized carbons (Fsp3) is 0.667. The van der Waals surface area contributed by atoms with Crippen LogP contribution in [0.1, 0.15) is 6.92 Å². The number of hydrogen-bond donors (Lipinski definition) is 0. The van der Waals surface area contributed by atoms with Gasteiger partial charge in [-0.05, 0) is 21.0 Å². The van der Waals surface area contributed by atoms with Crippen LogP contribution in [0.25, 0.3) is 0 Å². The van der Waals surface area contributed by atoms with Crippen molar-refractivity contribution in [2.45, 2.75) is 6.92 Å². The lowest BCUT2D eigenvalue weighted by Gasteiger charge is -2.33. The van der Waals surface area contributed by atoms with E-state index in [2.05, 4.69) is 5.16 Å². The first kappa shape index (κ1) is 16.4. The molecule has 1 rings (SSSR count). The second kappa shape index (κ2) is 8.47. The number of ether oxygens (including phenoxy) is 2. The van der Waals surface area contributed by atoms with Crippen molar-refractivity contribution in [3.05, 3.63) is 6.35 Å². The zero-order valence-corrected chi connectivity index (χ0v) is 12.0. The van der Waals surface area contributed by atoms with E-state index in [9.17, 15) is 4.79 Å². The van der Waals surface area contributed by atoms with Gasteiger partial charge in [0.25, 0.3) is 5.71 Å². The van der Waals surface area contributed by atoms with Gasteiger partial charge in [-0.25, -0.2) is 9.69 Å². The Hall–Kier alpha value is -1.69. The lowest BCUT2D eigenvalue weighted by molar-refractivity contribution is -0.135. The fourth-order valence-corrected chi connectivity index (χ4v) is 1.57. The molecular formula is C12H19N4O4. The van der Waals surface area contributed by atoms with Crippen LogP contribution in [0.3, 0.4) is 0 Å². The molecule has 0 aromatic rings. The summed E-state index contributed by atoms with van der Waals surface area (Å²) in [6.45, 7) is 4.32. The van der Waals surface area contributed by atoms with E-state index in [1.807, 2.05) is 4.90 Å². The second-order valence-electron chi connectivity index (χ2n) is 4.14. The number of morpholine rings is 1. The molecule has 1 heterocycles. The molecule has 0 aromatic carbocycles. The molecule has 0 unspecified atom stereocenters. The highest BCUT2D eigenvalue weighted by Crippen LogP contribution is 2.15. The molecule has 0 aromatic heterocycles. The minimum Gasteiger partial charge on any atom is -0.461 e. The Morgan fingerprint density at radius 2 is 2.10 bits per heavy atom. The molecule has 1 fully saturated rings. The van der Waals surface area contributed by atoms with E-state index in [1.165, 1.54) is 0 Å². The van der Waals surface area contributed by atoms with Gasteiger partial charge in [-0.1, -0.05) is 5.16 Å². The quantitative estimate of drug-likeness (QED) is 0.378. The summed E-state index contributed by atoms with van der Waals surface area (Å²) in [5.41, 5.74) is -0.417. The number of rotatable bonds is 6. The topological polar surface area (TPSA) is 87.4 Å². The lowest BCUT2D eigenvalue weighted by Crippen LogP contribution is -2.45. The number of nitriles is 1. The van der Waals surface area contributed by atoms with Crippen LogP contribution in [0.5, 0.6) is 0 Å². The van der Waals surface area contributed by atoms with E-state index in [-0.39, 0.29) is 6.61 Å². The first-order chi connectivity index (χ1) is 9.60. The SMILES string of the molecule is CCOC(=O)/C(C#N)=N/O[C](N(C)C)N1CCOCC1. The van der Waals surface area contributed by atoms with Crippen molar-refractivity contribution in [3.8, 4) is 6.07 Å². The maximum atomic E-state index is 11.4. The summed E-state index contributed by atoms with van der Waals surface area (Å²) < 4.78 is 9.96. The van der Waals surface area contributed by atoms with E-state index >= 15 is 0 Å². The first-order valence-electron chi connectivity index (χ1n) is 6.29. The summed E-state index contributed by atoms with van der Waals surface area (Å²) in [5.74, 6) is -0.796. The van der Waals surface area contributed by atoms with Crippen LogP contribution in [0, 0.1) is 17.7 Å². The minimum absolute atomic E-state index is 0.174. The highest BCUT2D eigenvalue weighted by Gasteiger charge is 2.27. The molecule has 8 heteroatoms. The van der Waals surface area contributed by atoms with Gasteiger partial charge in [0, 0.05) is 13.1 Å². The number of nitrogens with zero attached hydrogens (tertiary/aromatic N) is 4. The molecule has 8 nitrogen and oxygen atoms in total. The number of carbonyl (C=O) groups is 1. The number of hydrogen-bond acceptors (Lipinski definition) is 8. The van der Waals surface area contributed by atoms with Crippen molar-refractivity contribution in [3.63, 3.8) is 0 Å². The third-order valence-electron chi connectivity index (χ3n) is 2.46. The molecule has 111 valence electrons. The Labute approximate surface area is 118 Å². The van der Waals surface area contributed by atoms with Crippen molar-refractivity contribution < 1.29 is 19.1 Å². The zero-order valence-electron chi connectivity index (χ0n) is 12.0. The van der Waals surface area contributed by atoms with Gasteiger partial charge < -0.3 is 14.3 Å². The number of oxime groups is 1. The highest BCUT2D eigenvalue weighted by molar-refractivity contribution is 6.42. The average molecular weight is 283 g/mol. The van der Waals surface area contributed by atoms with Crippen LogP contribution in [-0.2, 0) is 19.1 Å². The van der Waals surface area contributed by atoms with Gasteiger partial charge in [-0.15, -0.1) is 0 Å². The Kier molecular flexibility index (Phi) is 6.93. The summed E-state index contributed by atoms with van der Waals surface area (Å²) in [6.07, 6.45) is 0.449. The molecule has 0 bridgehead atoms. The van der Waals surface area contributed by atoms with Crippen molar-refractivity contribution in [1.82, 2.24) is 9.80 Å². The lowest BCUT2D eigenvalue weighted by atomic mass is 10.4. The Bertz CT molecular complexity index is 385. The van der Waals surface area contributed by atoms with E-state index in [0.29, 0.717) is 32.7 Å². The average Bonchev–Trinajstić information content (AvgIpc) is 2.44. The van der Waals surface area contributed by atoms with Crippen LogP contribution < -0.4 is 0 Å². The van der Waals surface area contributed by atoms with Gasteiger partial charge in [0.05, 0.1) is 19.8 Å². The molecule has 1 radical (unpaired) electrons. The van der Waals surface area contributed by atoms with Crippen molar-refractivity contribution in [1.29, 1.82) is 5.26 Å². The van der Waals surface area contributed by atoms with Crippen molar-refractivity contribution >= 4 is 11.7 Å². The molecule has 1 aliphatic heterocycles. The second-order valence-corrected chi connectivity index (χ2v) is 4.14. The van der Waals surface area contributed by atoms with E-state index < -0.39 is 11.7 Å². The van der Waals surface area contributed by atoms with Crippen LogP contribution in [0.2, 0.25) is 0 Å². The van der Waals surface area contributed by atoms with E-state index in [4.69, 9.17) is 19.6 Å². The summed E-state index contributed by atoms with van der Waals surface area (Å²) in [4.78, 5) is 20.3. The van der Waals surface area contributed by atoms with Gasteiger partial charge in [-0.3, -0.25) is 4.90 Å². The van der Waals surface area contributed by atoms with Crippen molar-refractivity contribution in [2.24, 2.45) is 5.16 Å². The molecule has 0 amide bonds. The van der Waals surface area contributed by atoms with Gasteiger partial charge in [0.15, 0.2) is 0 Å². The predicted octanol–water partition coefficient (Wildman–Crippen LogP) is -0.214. The van der Waals surface area contributed by atoms with Crippen molar-refractivity contribution in [2.75, 3.05) is 47.0 Å². The largest absolute Gasteiger partial charge is 0.461 e. The molecule has 0 atom stereocenters. The normalized spacial score (nSPS) is 17.1. The summed E-state index contributed by atoms with van der Waals surface area (Å²) in [5, 5.41) is 12.4. The highest BCUT2D eigenvalue weighted by atomic mass is 16.7. The maximum Gasteiger partial charge on any atom is 0.371 e. The van der Waals surface area contributed by atoms with Gasteiger partial charge in [-0.2, -0.15) is 5.26 Å². The molecule has 1 aliphatic rings. The molecule has 0 N–H and O–H groups in total. The fourth-order valence-electron chi connectivity index (χ4n) is 1.57. The van der Waals surface area contributed by atoms with Gasteiger partial charge in [0.2, 0.25) is 0 Å². The maximum absolute atomic E-state index is 11.4. The first-order valence-corrected chi connectivity index (χ1v) is 6.29. The van der Waals surface area contributed by atoms with Crippen LogP contribution >= 0.6 is 0 Å². The Morgan fingerprint density at radius 3 is 2.60 bits per heavy atom. The van der Waals surface area contributed by atoms with Gasteiger partial charge >= 0.3 is 12.3 Å². The monoisotopic (exact) mass is 283 g/mol. The summed E-state index contributed by atoms with van der Waals surface area (Å²) in [6, 6.07) is 1.66. The smallest absolute Gasteiger partial charge is 0.371 e. The zero-order chi connectivity index (χ0) is 15.0. The van der Waals surface area contributed by atoms with Crippen LogP contribution in [-0.4, -0.2) is 68.5 Å². The minimum atomic E-state index is -0.796. The van der Waals surface area contributed by atoms with Crippen LogP contribution in [0.15, 0.2) is 5.16 Å². The number of esters is 1. The Balaban J connectivity index is 2.69.